The van der Waals surface area contributed by atoms with Crippen molar-refractivity contribution in [3.05, 3.63) is 95.3 Å². The van der Waals surface area contributed by atoms with E-state index in [4.69, 9.17) is 4.74 Å². The van der Waals surface area contributed by atoms with Crippen LogP contribution in [0.5, 0.6) is 5.75 Å². The SMILES string of the molecule is O=C(Nc1ccc(F)c(F)c1F)c1cccc(OCc2ccccc2)c1. The average molecular weight is 357 g/mol. The zero-order valence-corrected chi connectivity index (χ0v) is 13.5. The fourth-order valence-corrected chi connectivity index (χ4v) is 2.28. The number of ether oxygens (including phenoxy) is 1. The van der Waals surface area contributed by atoms with Crippen molar-refractivity contribution in [2.75, 3.05) is 5.32 Å². The Kier molecular flexibility index (Phi) is 5.22. The maximum Gasteiger partial charge on any atom is 0.255 e. The number of amides is 1. The highest BCUT2D eigenvalue weighted by Crippen LogP contribution is 2.21. The zero-order valence-electron chi connectivity index (χ0n) is 13.5. The first-order valence-electron chi connectivity index (χ1n) is 7.76. The van der Waals surface area contributed by atoms with Gasteiger partial charge in [-0.05, 0) is 35.9 Å². The molecule has 3 aromatic carbocycles. The lowest BCUT2D eigenvalue weighted by molar-refractivity contribution is 0.102. The Bertz CT molecular complexity index is 930. The van der Waals surface area contributed by atoms with Gasteiger partial charge in [0, 0.05) is 5.56 Å². The Morgan fingerprint density at radius 3 is 2.42 bits per heavy atom. The molecule has 0 heterocycles. The summed E-state index contributed by atoms with van der Waals surface area (Å²) < 4.78 is 45.5. The molecule has 3 aromatic rings. The number of nitrogens with one attached hydrogen (secondary N) is 1. The predicted octanol–water partition coefficient (Wildman–Crippen LogP) is 4.94. The van der Waals surface area contributed by atoms with Crippen molar-refractivity contribution in [1.82, 2.24) is 0 Å². The normalized spacial score (nSPS) is 10.4. The third-order valence-corrected chi connectivity index (χ3v) is 3.63. The molecule has 132 valence electrons. The second kappa shape index (κ2) is 7.74. The van der Waals surface area contributed by atoms with E-state index in [0.29, 0.717) is 12.4 Å². The minimum Gasteiger partial charge on any atom is -0.489 e. The molecule has 0 atom stereocenters. The Hall–Kier alpha value is -3.28. The van der Waals surface area contributed by atoms with E-state index in [0.717, 1.165) is 17.7 Å². The third-order valence-electron chi connectivity index (χ3n) is 3.63. The Balaban J connectivity index is 1.71. The van der Waals surface area contributed by atoms with Crippen LogP contribution in [0.25, 0.3) is 0 Å². The summed E-state index contributed by atoms with van der Waals surface area (Å²) in [5.41, 5.74) is 0.718. The molecule has 0 radical (unpaired) electrons. The van der Waals surface area contributed by atoms with Gasteiger partial charge >= 0.3 is 0 Å². The molecule has 3 rings (SSSR count). The molecule has 0 bridgehead atoms. The van der Waals surface area contributed by atoms with Crippen LogP contribution in [0.15, 0.2) is 66.7 Å². The number of carbonyl (C=O) groups excluding carboxylic acids is 1. The summed E-state index contributed by atoms with van der Waals surface area (Å²) in [5, 5.41) is 2.22. The summed E-state index contributed by atoms with van der Waals surface area (Å²) in [6, 6.07) is 17.5. The molecule has 0 unspecified atom stereocenters. The number of hydrogen-bond acceptors (Lipinski definition) is 2. The maximum atomic E-state index is 13.7. The van der Waals surface area contributed by atoms with Crippen molar-refractivity contribution in [1.29, 1.82) is 0 Å². The van der Waals surface area contributed by atoms with E-state index in [-0.39, 0.29) is 5.56 Å². The fraction of sp³-hybridized carbons (Fsp3) is 0.0500. The quantitative estimate of drug-likeness (QED) is 0.657. The van der Waals surface area contributed by atoms with Crippen LogP contribution in [0, 0.1) is 17.5 Å². The van der Waals surface area contributed by atoms with Crippen LogP contribution in [-0.2, 0) is 6.61 Å². The van der Waals surface area contributed by atoms with Gasteiger partial charge in [-0.2, -0.15) is 0 Å². The number of benzene rings is 3. The van der Waals surface area contributed by atoms with Crippen molar-refractivity contribution in [2.45, 2.75) is 6.61 Å². The highest BCUT2D eigenvalue weighted by atomic mass is 19.2. The maximum absolute atomic E-state index is 13.7. The predicted molar refractivity (Wildman–Crippen MR) is 91.5 cm³/mol. The number of halogens is 3. The molecule has 0 saturated heterocycles. The van der Waals surface area contributed by atoms with Crippen LogP contribution in [-0.4, -0.2) is 5.91 Å². The van der Waals surface area contributed by atoms with Crippen molar-refractivity contribution >= 4 is 11.6 Å². The van der Waals surface area contributed by atoms with Crippen LogP contribution >= 0.6 is 0 Å². The topological polar surface area (TPSA) is 38.3 Å². The molecular formula is C20H14F3NO2. The van der Waals surface area contributed by atoms with E-state index in [2.05, 4.69) is 5.32 Å². The first-order chi connectivity index (χ1) is 12.5. The van der Waals surface area contributed by atoms with Gasteiger partial charge in [-0.1, -0.05) is 36.4 Å². The highest BCUT2D eigenvalue weighted by Gasteiger charge is 2.16. The molecule has 1 amide bonds. The minimum absolute atomic E-state index is 0.194. The van der Waals surface area contributed by atoms with Gasteiger partial charge in [-0.25, -0.2) is 13.2 Å². The number of rotatable bonds is 5. The molecule has 0 aliphatic carbocycles. The lowest BCUT2D eigenvalue weighted by Crippen LogP contribution is -2.14. The molecule has 0 aliphatic rings. The Morgan fingerprint density at radius 1 is 0.885 bits per heavy atom. The fourth-order valence-electron chi connectivity index (χ4n) is 2.28. The van der Waals surface area contributed by atoms with Gasteiger partial charge in [-0.15, -0.1) is 0 Å². The second-order valence-electron chi connectivity index (χ2n) is 5.48. The summed E-state index contributed by atoms with van der Waals surface area (Å²) in [6.45, 7) is 0.323. The Labute approximate surface area is 148 Å². The van der Waals surface area contributed by atoms with Gasteiger partial charge in [0.15, 0.2) is 17.5 Å². The zero-order chi connectivity index (χ0) is 18.5. The van der Waals surface area contributed by atoms with Gasteiger partial charge in [0.1, 0.15) is 12.4 Å². The Morgan fingerprint density at radius 2 is 1.65 bits per heavy atom. The van der Waals surface area contributed by atoms with E-state index in [9.17, 15) is 18.0 Å². The van der Waals surface area contributed by atoms with Crippen LogP contribution in [0.1, 0.15) is 15.9 Å². The van der Waals surface area contributed by atoms with E-state index in [1.54, 1.807) is 12.1 Å². The van der Waals surface area contributed by atoms with Gasteiger partial charge in [-0.3, -0.25) is 4.79 Å². The van der Waals surface area contributed by atoms with E-state index < -0.39 is 29.0 Å². The van der Waals surface area contributed by atoms with Gasteiger partial charge < -0.3 is 10.1 Å². The monoisotopic (exact) mass is 357 g/mol. The smallest absolute Gasteiger partial charge is 0.255 e. The summed E-state index contributed by atoms with van der Waals surface area (Å²) in [5.74, 6) is -4.62. The molecule has 0 aliphatic heterocycles. The summed E-state index contributed by atoms with van der Waals surface area (Å²) in [6.07, 6.45) is 0. The first-order valence-corrected chi connectivity index (χ1v) is 7.76. The summed E-state index contributed by atoms with van der Waals surface area (Å²) in [4.78, 5) is 12.2. The minimum atomic E-state index is -1.64. The summed E-state index contributed by atoms with van der Waals surface area (Å²) in [7, 11) is 0. The number of carbonyl (C=O) groups is 1. The van der Waals surface area contributed by atoms with Crippen LogP contribution in [0.3, 0.4) is 0 Å². The van der Waals surface area contributed by atoms with Gasteiger partial charge in [0.25, 0.3) is 5.91 Å². The van der Waals surface area contributed by atoms with Crippen molar-refractivity contribution in [2.24, 2.45) is 0 Å². The lowest BCUT2D eigenvalue weighted by atomic mass is 10.2. The van der Waals surface area contributed by atoms with Crippen molar-refractivity contribution < 1.29 is 22.7 Å². The van der Waals surface area contributed by atoms with Crippen molar-refractivity contribution in [3.63, 3.8) is 0 Å². The molecule has 0 fully saturated rings. The third kappa shape index (κ3) is 4.03. The molecule has 1 N–H and O–H groups in total. The summed E-state index contributed by atoms with van der Waals surface area (Å²) >= 11 is 0. The standard InChI is InChI=1S/C20H14F3NO2/c21-16-9-10-17(19(23)18(16)22)24-20(25)14-7-4-8-15(11-14)26-12-13-5-2-1-3-6-13/h1-11H,12H2,(H,24,25). The molecule has 26 heavy (non-hydrogen) atoms. The first kappa shape index (κ1) is 17.5. The number of hydrogen-bond donors (Lipinski definition) is 1. The van der Waals surface area contributed by atoms with Crippen molar-refractivity contribution in [3.8, 4) is 5.75 Å². The largest absolute Gasteiger partial charge is 0.489 e. The van der Waals surface area contributed by atoms with Crippen LogP contribution in [0.4, 0.5) is 18.9 Å². The number of anilines is 1. The van der Waals surface area contributed by atoms with E-state index in [1.165, 1.54) is 12.1 Å². The molecule has 0 aromatic heterocycles. The van der Waals surface area contributed by atoms with Crippen LogP contribution in [0.2, 0.25) is 0 Å². The highest BCUT2D eigenvalue weighted by molar-refractivity contribution is 6.04. The average Bonchev–Trinajstić information content (AvgIpc) is 2.68. The lowest BCUT2D eigenvalue weighted by Gasteiger charge is -2.10. The second-order valence-corrected chi connectivity index (χ2v) is 5.48. The van der Waals surface area contributed by atoms with Gasteiger partial charge in [0.2, 0.25) is 0 Å². The molecule has 0 spiro atoms. The molecular weight excluding hydrogens is 343 g/mol. The van der Waals surface area contributed by atoms with Crippen LogP contribution < -0.4 is 10.1 Å². The van der Waals surface area contributed by atoms with Gasteiger partial charge in [0.05, 0.1) is 5.69 Å². The van der Waals surface area contributed by atoms with E-state index in [1.807, 2.05) is 30.3 Å². The van der Waals surface area contributed by atoms with E-state index >= 15 is 0 Å². The molecule has 0 saturated carbocycles. The molecule has 6 heteroatoms. The molecule has 3 nitrogen and oxygen atoms in total.